The Kier molecular flexibility index (Phi) is 7.32. The molecule has 9 nitrogen and oxygen atoms in total. The first-order valence-corrected chi connectivity index (χ1v) is 11.4. The molecule has 0 unspecified atom stereocenters. The molecule has 0 bridgehead atoms. The first-order chi connectivity index (χ1) is 16.5. The van der Waals surface area contributed by atoms with Crippen molar-refractivity contribution in [2.75, 3.05) is 0 Å². The average molecular weight is 521 g/mol. The van der Waals surface area contributed by atoms with Crippen LogP contribution in [0, 0.1) is 18.3 Å². The zero-order valence-corrected chi connectivity index (χ0v) is 19.4. The molecule has 35 heavy (non-hydrogen) atoms. The highest BCUT2D eigenvalue weighted by Gasteiger charge is 2.32. The molecule has 3 rings (SSSR count). The lowest BCUT2D eigenvalue weighted by molar-refractivity contribution is -0.137. The highest BCUT2D eigenvalue weighted by atomic mass is 32.2. The number of nitrogens with zero attached hydrogens (tertiary/aromatic N) is 4. The highest BCUT2D eigenvalue weighted by molar-refractivity contribution is 7.91. The zero-order valence-electron chi connectivity index (χ0n) is 17.7. The van der Waals surface area contributed by atoms with E-state index < -0.39 is 26.9 Å². The minimum atomic E-state index is -4.61. The van der Waals surface area contributed by atoms with Gasteiger partial charge in [0.15, 0.2) is 0 Å². The van der Waals surface area contributed by atoms with Crippen molar-refractivity contribution in [3.05, 3.63) is 65.5 Å². The normalized spacial score (nSPS) is 11.7. The summed E-state index contributed by atoms with van der Waals surface area (Å²) >= 11 is 4.74. The first-order valence-electron chi connectivity index (χ1n) is 9.49. The number of nitriles is 1. The van der Waals surface area contributed by atoms with E-state index in [1.807, 2.05) is 10.8 Å². The molecule has 0 aliphatic heterocycles. The predicted molar refractivity (Wildman–Crippen MR) is 124 cm³/mol. The van der Waals surface area contributed by atoms with Gasteiger partial charge in [-0.05, 0) is 61.6 Å². The number of halogens is 3. The van der Waals surface area contributed by atoms with E-state index in [1.165, 1.54) is 18.3 Å². The topological polar surface area (TPSA) is 143 Å². The Morgan fingerprint density at radius 1 is 1.20 bits per heavy atom. The molecule has 0 aliphatic rings. The van der Waals surface area contributed by atoms with Gasteiger partial charge in [0.25, 0.3) is 10.0 Å². The van der Waals surface area contributed by atoms with E-state index in [-0.39, 0.29) is 27.5 Å². The number of sulfonamides is 1. The fourth-order valence-corrected chi connectivity index (χ4v) is 4.24. The third kappa shape index (κ3) is 5.89. The average Bonchev–Trinajstić information content (AvgIpc) is 2.79. The quantitative estimate of drug-likeness (QED) is 0.295. The molecule has 3 N–H and O–H groups in total. The van der Waals surface area contributed by atoms with Crippen LogP contribution in [0.2, 0.25) is 0 Å². The number of rotatable bonds is 5. The van der Waals surface area contributed by atoms with Gasteiger partial charge in [-0.3, -0.25) is 4.72 Å². The lowest BCUT2D eigenvalue weighted by Gasteiger charge is -2.16. The number of aryl methyl sites for hydroxylation is 1. The zero-order chi connectivity index (χ0) is 25.8. The summed E-state index contributed by atoms with van der Waals surface area (Å²) in [5, 5.41) is 16.7. The van der Waals surface area contributed by atoms with Gasteiger partial charge in [-0.25, -0.2) is 13.4 Å². The van der Waals surface area contributed by atoms with Gasteiger partial charge in [0.2, 0.25) is 5.11 Å². The standard InChI is InChI=1S/C21H15F3N6O3S2/c1-12-16(6-7-28-29-12)17-9-14(21(22,23)24)2-4-19(17)33-18-5-3-15(8-13(18)10-25)35(31,32)30-20(34)27-11-26/h2-9,11H,1H3,(H3,26,27,30,34). The number of hydrogen-bond acceptors (Lipinski definition) is 7. The van der Waals surface area contributed by atoms with Crippen molar-refractivity contribution >= 4 is 33.7 Å². The molecule has 0 spiro atoms. The summed E-state index contributed by atoms with van der Waals surface area (Å²) in [5.74, 6) is -0.104. The minimum Gasteiger partial charge on any atom is -0.455 e. The largest absolute Gasteiger partial charge is 0.455 e. The van der Waals surface area contributed by atoms with Gasteiger partial charge >= 0.3 is 6.18 Å². The maximum atomic E-state index is 13.4. The molecule has 2 aromatic carbocycles. The molecule has 0 amide bonds. The van der Waals surface area contributed by atoms with Crippen LogP contribution in [-0.4, -0.2) is 30.1 Å². The van der Waals surface area contributed by atoms with E-state index in [2.05, 4.69) is 15.2 Å². The monoisotopic (exact) mass is 520 g/mol. The van der Waals surface area contributed by atoms with Crippen LogP contribution >= 0.6 is 12.2 Å². The summed E-state index contributed by atoms with van der Waals surface area (Å²) in [6, 6.07) is 9.47. The lowest BCUT2D eigenvalue weighted by Crippen LogP contribution is -2.28. The molecule has 14 heteroatoms. The Morgan fingerprint density at radius 2 is 1.91 bits per heavy atom. The Bertz CT molecular complexity index is 1470. The number of hydrogen-bond donors (Lipinski definition) is 2. The Labute approximate surface area is 203 Å². The highest BCUT2D eigenvalue weighted by Crippen LogP contribution is 2.40. The number of ether oxygens (including phenoxy) is 1. The second-order valence-corrected chi connectivity index (χ2v) is 8.87. The van der Waals surface area contributed by atoms with E-state index in [0.717, 1.165) is 36.7 Å². The molecule has 1 aromatic heterocycles. The Morgan fingerprint density at radius 3 is 2.54 bits per heavy atom. The van der Waals surface area contributed by atoms with Gasteiger partial charge in [0.05, 0.1) is 34.3 Å². The van der Waals surface area contributed by atoms with Crippen molar-refractivity contribution in [1.29, 1.82) is 5.26 Å². The van der Waals surface area contributed by atoms with Crippen molar-refractivity contribution in [1.82, 2.24) is 14.9 Å². The SMILES string of the molecule is Cc1nnccc1-c1cc(C(F)(F)F)ccc1Oc1ccc(S(=O)(=O)NC(=S)N=CN)cc1C#N. The third-order valence-corrected chi connectivity index (χ3v) is 6.19. The summed E-state index contributed by atoms with van der Waals surface area (Å²) in [4.78, 5) is 3.11. The van der Waals surface area contributed by atoms with E-state index >= 15 is 0 Å². The van der Waals surface area contributed by atoms with E-state index in [0.29, 0.717) is 11.3 Å². The molecule has 0 saturated heterocycles. The molecular formula is C21H15F3N6O3S2. The molecular weight excluding hydrogens is 505 g/mol. The van der Waals surface area contributed by atoms with Gasteiger partial charge in [-0.15, -0.1) is 0 Å². The van der Waals surface area contributed by atoms with Crippen LogP contribution in [0.15, 0.2) is 58.5 Å². The number of benzene rings is 2. The van der Waals surface area contributed by atoms with Gasteiger partial charge < -0.3 is 10.5 Å². The van der Waals surface area contributed by atoms with E-state index in [4.69, 9.17) is 22.7 Å². The number of alkyl halides is 3. The summed E-state index contributed by atoms with van der Waals surface area (Å²) in [7, 11) is -4.19. The molecule has 1 heterocycles. The van der Waals surface area contributed by atoms with Crippen molar-refractivity contribution in [2.45, 2.75) is 18.0 Å². The molecule has 3 aromatic rings. The summed E-state index contributed by atoms with van der Waals surface area (Å²) in [6.07, 6.45) is -2.49. The van der Waals surface area contributed by atoms with Gasteiger partial charge in [-0.1, -0.05) is 0 Å². The summed E-state index contributed by atoms with van der Waals surface area (Å²) < 4.78 is 72.8. The minimum absolute atomic E-state index is 0.0159. The van der Waals surface area contributed by atoms with Crippen LogP contribution in [0.1, 0.15) is 16.8 Å². The second-order valence-electron chi connectivity index (χ2n) is 6.80. The number of nitrogens with two attached hydrogens (primary N) is 1. The first kappa shape index (κ1) is 25.5. The second kappa shape index (κ2) is 10.0. The number of thiocarbonyl (C=S) groups is 1. The van der Waals surface area contributed by atoms with Crippen molar-refractivity contribution in [3.8, 4) is 28.7 Å². The van der Waals surface area contributed by atoms with Crippen molar-refractivity contribution in [2.24, 2.45) is 10.7 Å². The van der Waals surface area contributed by atoms with E-state index in [9.17, 15) is 26.9 Å². The number of aromatic nitrogens is 2. The lowest BCUT2D eigenvalue weighted by atomic mass is 10.0. The van der Waals surface area contributed by atoms with Crippen LogP contribution < -0.4 is 15.2 Å². The van der Waals surface area contributed by atoms with Gasteiger partial charge in [0, 0.05) is 11.1 Å². The van der Waals surface area contributed by atoms with Crippen molar-refractivity contribution < 1.29 is 26.3 Å². The molecule has 0 atom stereocenters. The molecule has 0 saturated carbocycles. The number of aliphatic imine (C=N–C) groups is 1. The van der Waals surface area contributed by atoms with Crippen LogP contribution in [0.25, 0.3) is 11.1 Å². The van der Waals surface area contributed by atoms with Crippen LogP contribution in [0.3, 0.4) is 0 Å². The fourth-order valence-electron chi connectivity index (χ4n) is 2.93. The molecule has 0 aliphatic carbocycles. The Hall–Kier alpha value is -4.09. The third-order valence-electron chi connectivity index (χ3n) is 4.52. The molecule has 0 fully saturated rings. The predicted octanol–water partition coefficient (Wildman–Crippen LogP) is 3.69. The fraction of sp³-hybridized carbons (Fsp3) is 0.0952. The van der Waals surface area contributed by atoms with Gasteiger partial charge in [-0.2, -0.15) is 28.6 Å². The molecule has 180 valence electrons. The summed E-state index contributed by atoms with van der Waals surface area (Å²) in [5.41, 5.74) is 4.70. The van der Waals surface area contributed by atoms with Crippen LogP contribution in [0.4, 0.5) is 13.2 Å². The van der Waals surface area contributed by atoms with Crippen LogP contribution in [-0.2, 0) is 16.2 Å². The molecule has 0 radical (unpaired) electrons. The Balaban J connectivity index is 2.06. The van der Waals surface area contributed by atoms with Crippen molar-refractivity contribution in [3.63, 3.8) is 0 Å². The number of nitrogens with one attached hydrogen (secondary N) is 1. The maximum Gasteiger partial charge on any atom is 0.416 e. The van der Waals surface area contributed by atoms with E-state index in [1.54, 1.807) is 6.92 Å². The smallest absolute Gasteiger partial charge is 0.416 e. The van der Waals surface area contributed by atoms with Crippen LogP contribution in [0.5, 0.6) is 11.5 Å². The maximum absolute atomic E-state index is 13.4. The summed E-state index contributed by atoms with van der Waals surface area (Å²) in [6.45, 7) is 1.57. The van der Waals surface area contributed by atoms with Gasteiger partial charge in [0.1, 0.15) is 17.6 Å².